The van der Waals surface area contributed by atoms with E-state index in [9.17, 15) is 4.79 Å². The van der Waals surface area contributed by atoms with Crippen LogP contribution in [0.25, 0.3) is 0 Å². The van der Waals surface area contributed by atoms with Crippen LogP contribution in [0.4, 0.5) is 5.69 Å². The van der Waals surface area contributed by atoms with E-state index in [1.165, 1.54) is 25.7 Å². The molecule has 1 saturated carbocycles. The van der Waals surface area contributed by atoms with E-state index in [1.54, 1.807) is 0 Å². The first-order chi connectivity index (χ1) is 9.25. The summed E-state index contributed by atoms with van der Waals surface area (Å²) in [6, 6.07) is 7.77. The molecule has 2 aliphatic rings. The van der Waals surface area contributed by atoms with Crippen LogP contribution in [-0.2, 0) is 4.79 Å². The summed E-state index contributed by atoms with van der Waals surface area (Å²) >= 11 is 3.40. The van der Waals surface area contributed by atoms with Gasteiger partial charge in [0, 0.05) is 16.1 Å². The number of anilines is 1. The van der Waals surface area contributed by atoms with Gasteiger partial charge in [0.05, 0.1) is 0 Å². The smallest absolute Gasteiger partial charge is 0.228 e. The number of benzene rings is 1. The van der Waals surface area contributed by atoms with Gasteiger partial charge in [-0.15, -0.1) is 0 Å². The van der Waals surface area contributed by atoms with E-state index in [2.05, 4.69) is 33.4 Å². The summed E-state index contributed by atoms with van der Waals surface area (Å²) < 4.78 is 1.03. The molecule has 1 amide bonds. The van der Waals surface area contributed by atoms with Crippen LogP contribution in [-0.4, -0.2) is 5.91 Å². The Morgan fingerprint density at radius 2 is 2.00 bits per heavy atom. The number of allylic oxidation sites excluding steroid dienone is 2. The van der Waals surface area contributed by atoms with Crippen LogP contribution in [0.15, 0.2) is 40.9 Å². The Morgan fingerprint density at radius 3 is 2.79 bits per heavy atom. The van der Waals surface area contributed by atoms with E-state index in [4.69, 9.17) is 0 Å². The average Bonchev–Trinajstić information content (AvgIpc) is 3.03. The molecule has 3 atom stereocenters. The van der Waals surface area contributed by atoms with Gasteiger partial charge in [-0.05, 0) is 55.4 Å². The highest BCUT2D eigenvalue weighted by molar-refractivity contribution is 9.10. The van der Waals surface area contributed by atoms with Gasteiger partial charge in [0.25, 0.3) is 0 Å². The lowest BCUT2D eigenvalue weighted by Crippen LogP contribution is -2.15. The normalized spacial score (nSPS) is 29.0. The van der Waals surface area contributed by atoms with Crippen molar-refractivity contribution in [3.05, 3.63) is 40.9 Å². The predicted molar refractivity (Wildman–Crippen MR) is 80.8 cm³/mol. The van der Waals surface area contributed by atoms with Crippen LogP contribution in [0.1, 0.15) is 25.7 Å². The summed E-state index contributed by atoms with van der Waals surface area (Å²) in [6.45, 7) is 0. The lowest BCUT2D eigenvalue weighted by molar-refractivity contribution is -0.117. The Kier molecular flexibility index (Phi) is 3.74. The van der Waals surface area contributed by atoms with Crippen molar-refractivity contribution in [2.45, 2.75) is 25.7 Å². The number of carbonyl (C=O) groups is 1. The molecule has 1 N–H and O–H groups in total. The molecule has 0 spiro atoms. The Hall–Kier alpha value is -1.09. The van der Waals surface area contributed by atoms with Crippen molar-refractivity contribution < 1.29 is 4.79 Å². The second kappa shape index (κ2) is 5.49. The standard InChI is InChI=1S/C16H18BrNO/c17-11-7-9-12(10-8-11)18-16(19)15-13-5-3-1-2-4-6-14(13)15/h3,5,7-10,13-15H,1-2,4,6H2,(H,18,19)/t13-,14-,15+/m0/s1. The van der Waals surface area contributed by atoms with Gasteiger partial charge in [0.1, 0.15) is 0 Å². The van der Waals surface area contributed by atoms with Crippen molar-refractivity contribution in [2.24, 2.45) is 17.8 Å². The number of rotatable bonds is 2. The Morgan fingerprint density at radius 1 is 1.21 bits per heavy atom. The molecule has 1 fully saturated rings. The molecule has 0 heterocycles. The second-order valence-corrected chi connectivity index (χ2v) is 6.39. The molecule has 100 valence electrons. The van der Waals surface area contributed by atoms with Crippen molar-refractivity contribution in [2.75, 3.05) is 5.32 Å². The van der Waals surface area contributed by atoms with Crippen LogP contribution in [0.3, 0.4) is 0 Å². The first kappa shape index (κ1) is 12.9. The molecular formula is C16H18BrNO. The maximum absolute atomic E-state index is 12.3. The van der Waals surface area contributed by atoms with E-state index < -0.39 is 0 Å². The molecule has 3 heteroatoms. The fraction of sp³-hybridized carbons (Fsp3) is 0.438. The zero-order valence-electron chi connectivity index (χ0n) is 10.8. The van der Waals surface area contributed by atoms with Gasteiger partial charge in [-0.1, -0.05) is 34.5 Å². The maximum Gasteiger partial charge on any atom is 0.228 e. The number of hydrogen-bond donors (Lipinski definition) is 1. The second-order valence-electron chi connectivity index (χ2n) is 5.48. The van der Waals surface area contributed by atoms with Gasteiger partial charge in [-0.3, -0.25) is 4.79 Å². The molecule has 0 radical (unpaired) electrons. The van der Waals surface area contributed by atoms with Crippen LogP contribution in [0, 0.1) is 17.8 Å². The lowest BCUT2D eigenvalue weighted by Gasteiger charge is -2.04. The zero-order chi connectivity index (χ0) is 13.2. The van der Waals surface area contributed by atoms with Gasteiger partial charge in [0.15, 0.2) is 0 Å². The predicted octanol–water partition coefficient (Wildman–Crippen LogP) is 4.38. The molecule has 0 aliphatic heterocycles. The summed E-state index contributed by atoms with van der Waals surface area (Å²) in [5, 5.41) is 3.03. The first-order valence-electron chi connectivity index (χ1n) is 6.99. The molecule has 3 rings (SSSR count). The fourth-order valence-electron chi connectivity index (χ4n) is 3.06. The third-order valence-corrected chi connectivity index (χ3v) is 4.69. The zero-order valence-corrected chi connectivity index (χ0v) is 12.4. The SMILES string of the molecule is O=C(Nc1ccc(Br)cc1)[C@@H]1[C@H]2C=CCCCC[C@@H]21. The molecule has 0 aromatic heterocycles. The van der Waals surface area contributed by atoms with Gasteiger partial charge in [-0.25, -0.2) is 0 Å². The lowest BCUT2D eigenvalue weighted by atomic mass is 10.1. The Balaban J connectivity index is 1.64. The van der Waals surface area contributed by atoms with Gasteiger partial charge >= 0.3 is 0 Å². The van der Waals surface area contributed by atoms with Gasteiger partial charge < -0.3 is 5.32 Å². The highest BCUT2D eigenvalue weighted by Gasteiger charge is 2.52. The van der Waals surface area contributed by atoms with Crippen molar-refractivity contribution in [1.29, 1.82) is 0 Å². The van der Waals surface area contributed by atoms with E-state index in [0.29, 0.717) is 11.8 Å². The molecule has 2 nitrogen and oxygen atoms in total. The molecule has 19 heavy (non-hydrogen) atoms. The number of halogens is 1. The minimum atomic E-state index is 0.184. The van der Waals surface area contributed by atoms with Crippen LogP contribution in [0.5, 0.6) is 0 Å². The summed E-state index contributed by atoms with van der Waals surface area (Å²) in [6.07, 6.45) is 9.41. The van der Waals surface area contributed by atoms with E-state index >= 15 is 0 Å². The summed E-state index contributed by atoms with van der Waals surface area (Å²) in [7, 11) is 0. The number of amides is 1. The summed E-state index contributed by atoms with van der Waals surface area (Å²) in [5.74, 6) is 1.43. The molecular weight excluding hydrogens is 302 g/mol. The molecule has 0 bridgehead atoms. The Bertz CT molecular complexity index is 494. The first-order valence-corrected chi connectivity index (χ1v) is 7.78. The third kappa shape index (κ3) is 2.92. The van der Waals surface area contributed by atoms with Gasteiger partial charge in [-0.2, -0.15) is 0 Å². The third-order valence-electron chi connectivity index (χ3n) is 4.16. The monoisotopic (exact) mass is 319 g/mol. The molecule has 0 saturated heterocycles. The van der Waals surface area contributed by atoms with Crippen molar-refractivity contribution >= 4 is 27.5 Å². The molecule has 0 unspecified atom stereocenters. The number of hydrogen-bond acceptors (Lipinski definition) is 1. The minimum Gasteiger partial charge on any atom is -0.326 e. The molecule has 1 aromatic carbocycles. The van der Waals surface area contributed by atoms with Crippen molar-refractivity contribution in [1.82, 2.24) is 0 Å². The largest absolute Gasteiger partial charge is 0.326 e. The fourth-order valence-corrected chi connectivity index (χ4v) is 3.32. The van der Waals surface area contributed by atoms with Crippen LogP contribution in [0.2, 0.25) is 0 Å². The summed E-state index contributed by atoms with van der Waals surface area (Å²) in [4.78, 5) is 12.3. The Labute approximate surface area is 122 Å². The number of nitrogens with one attached hydrogen (secondary N) is 1. The quantitative estimate of drug-likeness (QED) is 0.805. The van der Waals surface area contributed by atoms with E-state index in [-0.39, 0.29) is 11.8 Å². The minimum absolute atomic E-state index is 0.184. The number of carbonyl (C=O) groups excluding carboxylic acids is 1. The topological polar surface area (TPSA) is 29.1 Å². The van der Waals surface area contributed by atoms with Crippen molar-refractivity contribution in [3.8, 4) is 0 Å². The van der Waals surface area contributed by atoms with E-state index in [1.807, 2.05) is 24.3 Å². The molecule has 1 aromatic rings. The maximum atomic E-state index is 12.3. The molecule has 2 aliphatic carbocycles. The summed E-state index contributed by atoms with van der Waals surface area (Å²) in [5.41, 5.74) is 0.886. The highest BCUT2D eigenvalue weighted by atomic mass is 79.9. The van der Waals surface area contributed by atoms with Crippen LogP contribution >= 0.6 is 15.9 Å². The van der Waals surface area contributed by atoms with Crippen LogP contribution < -0.4 is 5.32 Å². The van der Waals surface area contributed by atoms with Gasteiger partial charge in [0.2, 0.25) is 5.91 Å². The highest BCUT2D eigenvalue weighted by Crippen LogP contribution is 2.51. The number of fused-ring (bicyclic) bond motifs is 1. The van der Waals surface area contributed by atoms with E-state index in [0.717, 1.165) is 10.2 Å². The van der Waals surface area contributed by atoms with Crippen molar-refractivity contribution in [3.63, 3.8) is 0 Å². The average molecular weight is 320 g/mol.